The molecular weight excluding hydrogens is 368 g/mol. The molecule has 8 heteroatoms. The Bertz CT molecular complexity index is 1160. The van der Waals surface area contributed by atoms with Crippen molar-refractivity contribution in [2.24, 2.45) is 0 Å². The second-order valence-corrected chi connectivity index (χ2v) is 7.13. The van der Waals surface area contributed by atoms with Gasteiger partial charge in [0.15, 0.2) is 5.82 Å². The van der Waals surface area contributed by atoms with Crippen molar-refractivity contribution in [2.75, 3.05) is 24.3 Å². The Morgan fingerprint density at radius 1 is 1.24 bits per heavy atom. The third kappa shape index (κ3) is 3.32. The first-order valence-corrected chi connectivity index (χ1v) is 9.59. The van der Waals surface area contributed by atoms with E-state index in [4.69, 9.17) is 10.5 Å². The maximum atomic E-state index is 9.21. The first-order valence-electron chi connectivity index (χ1n) is 9.59. The summed E-state index contributed by atoms with van der Waals surface area (Å²) >= 11 is 0. The number of benzene rings is 1. The monoisotopic (exact) mass is 390 g/mol. The number of nitrogen functional groups attached to an aromatic ring is 1. The summed E-state index contributed by atoms with van der Waals surface area (Å²) in [5.41, 5.74) is 12.0. The number of hydrogen-bond donors (Lipinski definition) is 4. The molecule has 0 saturated heterocycles. The number of nitrogens with one attached hydrogen (secondary N) is 2. The van der Waals surface area contributed by atoms with E-state index in [1.165, 1.54) is 0 Å². The number of nitrogens with two attached hydrogens (primary N) is 1. The van der Waals surface area contributed by atoms with Crippen LogP contribution in [0.25, 0.3) is 22.0 Å². The maximum Gasteiger partial charge on any atom is 0.152 e. The molecule has 0 spiro atoms. The smallest absolute Gasteiger partial charge is 0.152 e. The van der Waals surface area contributed by atoms with Crippen molar-refractivity contribution in [3.63, 3.8) is 0 Å². The molecule has 0 bridgehead atoms. The van der Waals surface area contributed by atoms with Gasteiger partial charge in [0.1, 0.15) is 5.82 Å². The molecular formula is C21H22N6O2. The van der Waals surface area contributed by atoms with E-state index in [-0.39, 0.29) is 6.61 Å². The molecule has 1 aliphatic rings. The van der Waals surface area contributed by atoms with Crippen molar-refractivity contribution < 1.29 is 9.84 Å². The summed E-state index contributed by atoms with van der Waals surface area (Å²) in [4.78, 5) is 7.64. The molecule has 4 aromatic rings. The number of pyridine rings is 1. The van der Waals surface area contributed by atoms with Gasteiger partial charge < -0.3 is 25.9 Å². The van der Waals surface area contributed by atoms with E-state index in [0.29, 0.717) is 31.1 Å². The highest BCUT2D eigenvalue weighted by atomic mass is 16.5. The van der Waals surface area contributed by atoms with E-state index >= 15 is 0 Å². The summed E-state index contributed by atoms with van der Waals surface area (Å²) in [7, 11) is 0. The first-order chi connectivity index (χ1) is 14.2. The normalized spacial score (nSPS) is 13.6. The number of aromatic nitrogens is 4. The van der Waals surface area contributed by atoms with Crippen LogP contribution in [0.5, 0.6) is 0 Å². The molecule has 0 saturated carbocycles. The van der Waals surface area contributed by atoms with Gasteiger partial charge in [0.05, 0.1) is 31.1 Å². The van der Waals surface area contributed by atoms with Crippen molar-refractivity contribution in [3.05, 3.63) is 54.0 Å². The highest BCUT2D eigenvalue weighted by Gasteiger charge is 2.14. The number of rotatable bonds is 5. The number of fused-ring (bicyclic) bond motifs is 2. The van der Waals surface area contributed by atoms with Gasteiger partial charge in [-0.15, -0.1) is 0 Å². The first kappa shape index (κ1) is 17.7. The van der Waals surface area contributed by atoms with Crippen LogP contribution in [0.4, 0.5) is 17.3 Å². The Morgan fingerprint density at radius 3 is 3.03 bits per heavy atom. The van der Waals surface area contributed by atoms with Gasteiger partial charge in [0, 0.05) is 41.5 Å². The maximum absolute atomic E-state index is 9.21. The highest BCUT2D eigenvalue weighted by molar-refractivity contribution is 5.88. The third-order valence-corrected chi connectivity index (χ3v) is 5.22. The lowest BCUT2D eigenvalue weighted by atomic mass is 10.0. The van der Waals surface area contributed by atoms with E-state index < -0.39 is 0 Å². The van der Waals surface area contributed by atoms with Gasteiger partial charge in [0.2, 0.25) is 0 Å². The van der Waals surface area contributed by atoms with Gasteiger partial charge in [-0.1, -0.05) is 12.1 Å². The van der Waals surface area contributed by atoms with Gasteiger partial charge in [-0.05, 0) is 29.7 Å². The third-order valence-electron chi connectivity index (χ3n) is 5.22. The molecule has 4 heterocycles. The average molecular weight is 390 g/mol. The standard InChI is InChI=1S/C21H22N6O2/c22-21-19(25-20-9-16-12-29-6-4-27(16)26-20)8-15(11-24-21)13-1-2-17-14(3-5-28)10-23-18(17)7-13/h1-2,7-11,23,28H,3-6,12H2,(H2,22,24)(H,25,26). The Morgan fingerprint density at radius 2 is 2.17 bits per heavy atom. The molecule has 1 aliphatic heterocycles. The summed E-state index contributed by atoms with van der Waals surface area (Å²) in [6.45, 7) is 2.12. The van der Waals surface area contributed by atoms with Crippen LogP contribution in [0, 0.1) is 0 Å². The predicted octanol–water partition coefficient (Wildman–Crippen LogP) is 2.82. The van der Waals surface area contributed by atoms with Gasteiger partial charge in [-0.2, -0.15) is 5.10 Å². The van der Waals surface area contributed by atoms with Gasteiger partial charge in [0.25, 0.3) is 0 Å². The zero-order valence-electron chi connectivity index (χ0n) is 15.9. The summed E-state index contributed by atoms with van der Waals surface area (Å²) in [6.07, 6.45) is 4.35. The number of aliphatic hydroxyl groups excluding tert-OH is 1. The summed E-state index contributed by atoms with van der Waals surface area (Å²) in [5, 5.41) is 18.2. The Labute approximate surface area is 167 Å². The molecule has 0 amide bonds. The van der Waals surface area contributed by atoms with Crippen molar-refractivity contribution in [3.8, 4) is 11.1 Å². The van der Waals surface area contributed by atoms with Crippen LogP contribution >= 0.6 is 0 Å². The van der Waals surface area contributed by atoms with Crippen molar-refractivity contribution in [1.29, 1.82) is 0 Å². The Balaban J connectivity index is 1.46. The minimum atomic E-state index is 0.134. The van der Waals surface area contributed by atoms with Crippen molar-refractivity contribution in [2.45, 2.75) is 19.6 Å². The predicted molar refractivity (Wildman–Crippen MR) is 112 cm³/mol. The van der Waals surface area contributed by atoms with Crippen molar-refractivity contribution >= 4 is 28.2 Å². The molecule has 0 atom stereocenters. The molecule has 0 unspecified atom stereocenters. The van der Waals surface area contributed by atoms with Crippen LogP contribution in [0.3, 0.4) is 0 Å². The number of anilines is 3. The molecule has 0 fully saturated rings. The number of aliphatic hydroxyl groups is 1. The molecule has 148 valence electrons. The van der Waals surface area contributed by atoms with Crippen LogP contribution in [-0.2, 0) is 24.3 Å². The summed E-state index contributed by atoms with van der Waals surface area (Å²) in [6, 6.07) is 10.2. The second kappa shape index (κ2) is 7.23. The fraction of sp³-hybridized carbons (Fsp3) is 0.238. The number of aromatic amines is 1. The fourth-order valence-electron chi connectivity index (χ4n) is 3.72. The van der Waals surface area contributed by atoms with E-state index in [9.17, 15) is 5.11 Å². The zero-order chi connectivity index (χ0) is 19.8. The van der Waals surface area contributed by atoms with Crippen molar-refractivity contribution in [1.82, 2.24) is 19.7 Å². The summed E-state index contributed by atoms with van der Waals surface area (Å²) < 4.78 is 7.42. The molecule has 5 N–H and O–H groups in total. The molecule has 0 aliphatic carbocycles. The van der Waals surface area contributed by atoms with Crippen LogP contribution in [0.1, 0.15) is 11.3 Å². The largest absolute Gasteiger partial charge is 0.396 e. The van der Waals surface area contributed by atoms with E-state index in [0.717, 1.165) is 45.6 Å². The van der Waals surface area contributed by atoms with Crippen LogP contribution < -0.4 is 11.1 Å². The van der Waals surface area contributed by atoms with E-state index in [1.807, 2.05) is 23.0 Å². The van der Waals surface area contributed by atoms with Gasteiger partial charge in [-0.25, -0.2) is 4.98 Å². The highest BCUT2D eigenvalue weighted by Crippen LogP contribution is 2.30. The molecule has 5 rings (SSSR count). The lowest BCUT2D eigenvalue weighted by Gasteiger charge is -2.12. The Kier molecular flexibility index (Phi) is 4.42. The topological polar surface area (TPSA) is 114 Å². The minimum Gasteiger partial charge on any atom is -0.396 e. The van der Waals surface area contributed by atoms with Crippen LogP contribution in [0.15, 0.2) is 42.7 Å². The molecule has 0 radical (unpaired) electrons. The minimum absolute atomic E-state index is 0.134. The molecule has 29 heavy (non-hydrogen) atoms. The Hall–Kier alpha value is -3.36. The van der Waals surface area contributed by atoms with Crippen LogP contribution in [0.2, 0.25) is 0 Å². The lowest BCUT2D eigenvalue weighted by Crippen LogP contribution is -2.16. The number of nitrogens with zero attached hydrogens (tertiary/aromatic N) is 3. The number of hydrogen-bond acceptors (Lipinski definition) is 6. The number of ether oxygens (including phenoxy) is 1. The van der Waals surface area contributed by atoms with Gasteiger partial charge in [-0.3, -0.25) is 4.68 Å². The molecule has 1 aromatic carbocycles. The summed E-state index contributed by atoms with van der Waals surface area (Å²) in [5.74, 6) is 1.15. The fourth-order valence-corrected chi connectivity index (χ4v) is 3.72. The average Bonchev–Trinajstić information content (AvgIpc) is 3.33. The number of H-pyrrole nitrogens is 1. The molecule has 3 aromatic heterocycles. The SMILES string of the molecule is Nc1ncc(-c2ccc3c(CCO)c[nH]c3c2)cc1Nc1cc2n(n1)CCOC2. The lowest BCUT2D eigenvalue weighted by molar-refractivity contribution is 0.0801. The molecule has 8 nitrogen and oxygen atoms in total. The van der Waals surface area contributed by atoms with E-state index in [2.05, 4.69) is 38.6 Å². The van der Waals surface area contributed by atoms with E-state index in [1.54, 1.807) is 6.20 Å². The van der Waals surface area contributed by atoms with Crippen LogP contribution in [-0.4, -0.2) is 38.1 Å². The zero-order valence-corrected chi connectivity index (χ0v) is 15.9. The second-order valence-electron chi connectivity index (χ2n) is 7.13. The van der Waals surface area contributed by atoms with Gasteiger partial charge >= 0.3 is 0 Å². The quantitative estimate of drug-likeness (QED) is 0.417.